The van der Waals surface area contributed by atoms with E-state index in [1.807, 2.05) is 30.3 Å². The van der Waals surface area contributed by atoms with Gasteiger partial charge in [-0.2, -0.15) is 0 Å². The zero-order valence-corrected chi connectivity index (χ0v) is 13.4. The van der Waals surface area contributed by atoms with Crippen LogP contribution in [0.25, 0.3) is 0 Å². The number of hydrogen-bond acceptors (Lipinski definition) is 4. The predicted octanol–water partition coefficient (Wildman–Crippen LogP) is 1.44. The van der Waals surface area contributed by atoms with Gasteiger partial charge in [-0.1, -0.05) is 30.3 Å². The van der Waals surface area contributed by atoms with Gasteiger partial charge >= 0.3 is 5.97 Å². The molecule has 0 fully saturated rings. The van der Waals surface area contributed by atoms with E-state index in [0.717, 1.165) is 5.56 Å². The highest BCUT2D eigenvalue weighted by atomic mass is 35.5. The topological polar surface area (TPSA) is 81.4 Å². The van der Waals surface area contributed by atoms with Crippen LogP contribution >= 0.6 is 12.4 Å². The van der Waals surface area contributed by atoms with Gasteiger partial charge in [0.05, 0.1) is 6.04 Å². The lowest BCUT2D eigenvalue weighted by Crippen LogP contribution is -2.44. The summed E-state index contributed by atoms with van der Waals surface area (Å²) < 4.78 is 5.09. The van der Waals surface area contributed by atoms with Crippen LogP contribution in [0.1, 0.15) is 26.3 Å². The molecule has 0 aliphatic rings. The third-order valence-corrected chi connectivity index (χ3v) is 2.46. The quantitative estimate of drug-likeness (QED) is 0.806. The summed E-state index contributed by atoms with van der Waals surface area (Å²) in [6.45, 7) is 5.15. The zero-order valence-electron chi connectivity index (χ0n) is 12.6. The minimum absolute atomic E-state index is 0. The third-order valence-electron chi connectivity index (χ3n) is 2.46. The van der Waals surface area contributed by atoms with Gasteiger partial charge in [0.2, 0.25) is 5.91 Å². The summed E-state index contributed by atoms with van der Waals surface area (Å²) in [5, 5.41) is 2.49. The summed E-state index contributed by atoms with van der Waals surface area (Å²) in [4.78, 5) is 23.2. The predicted molar refractivity (Wildman–Crippen MR) is 84.2 cm³/mol. The van der Waals surface area contributed by atoms with Gasteiger partial charge in [0.15, 0.2) is 0 Å². The number of nitrogens with two attached hydrogens (primary N) is 1. The van der Waals surface area contributed by atoms with Crippen molar-refractivity contribution in [2.75, 3.05) is 6.54 Å². The second kappa shape index (κ2) is 8.64. The molecule has 0 heterocycles. The number of amides is 1. The highest BCUT2D eigenvalue weighted by Gasteiger charge is 2.19. The van der Waals surface area contributed by atoms with Crippen LogP contribution in [0.15, 0.2) is 30.3 Å². The molecule has 0 bridgehead atoms. The first-order valence-electron chi connectivity index (χ1n) is 6.57. The Morgan fingerprint density at radius 1 is 1.24 bits per heavy atom. The lowest BCUT2D eigenvalue weighted by atomic mass is 10.1. The first kappa shape index (κ1) is 19.4. The van der Waals surface area contributed by atoms with Crippen molar-refractivity contribution in [1.29, 1.82) is 0 Å². The van der Waals surface area contributed by atoms with Crippen molar-refractivity contribution in [3.63, 3.8) is 0 Å². The molecule has 0 saturated heterocycles. The van der Waals surface area contributed by atoms with Crippen molar-refractivity contribution < 1.29 is 14.3 Å². The van der Waals surface area contributed by atoms with Gasteiger partial charge in [-0.3, -0.25) is 9.59 Å². The molecular weight excluding hydrogens is 292 g/mol. The van der Waals surface area contributed by atoms with Crippen molar-refractivity contribution in [2.45, 2.75) is 38.8 Å². The van der Waals surface area contributed by atoms with E-state index in [2.05, 4.69) is 5.32 Å². The monoisotopic (exact) mass is 314 g/mol. The number of halogens is 1. The summed E-state index contributed by atoms with van der Waals surface area (Å²) in [7, 11) is 0. The fraction of sp³-hybridized carbons (Fsp3) is 0.467. The van der Waals surface area contributed by atoms with Gasteiger partial charge in [0, 0.05) is 0 Å². The smallest absolute Gasteiger partial charge is 0.325 e. The molecule has 1 amide bonds. The van der Waals surface area contributed by atoms with E-state index in [1.54, 1.807) is 20.8 Å². The van der Waals surface area contributed by atoms with Gasteiger partial charge in [0.1, 0.15) is 12.1 Å². The Labute approximate surface area is 131 Å². The average Bonchev–Trinajstić information content (AvgIpc) is 2.35. The third kappa shape index (κ3) is 8.32. The number of carbonyl (C=O) groups excluding carboxylic acids is 2. The van der Waals surface area contributed by atoms with Crippen LogP contribution in [0, 0.1) is 0 Å². The molecule has 1 aromatic rings. The highest BCUT2D eigenvalue weighted by molar-refractivity contribution is 5.86. The Morgan fingerprint density at radius 3 is 2.33 bits per heavy atom. The number of carbonyl (C=O) groups is 2. The van der Waals surface area contributed by atoms with Crippen LogP contribution in [0.4, 0.5) is 0 Å². The van der Waals surface area contributed by atoms with E-state index in [0.29, 0.717) is 6.42 Å². The van der Waals surface area contributed by atoms with Crippen molar-refractivity contribution >= 4 is 24.3 Å². The van der Waals surface area contributed by atoms with E-state index in [4.69, 9.17) is 10.5 Å². The molecule has 21 heavy (non-hydrogen) atoms. The van der Waals surface area contributed by atoms with Crippen LogP contribution in [-0.2, 0) is 20.7 Å². The lowest BCUT2D eigenvalue weighted by molar-refractivity contribution is -0.154. The van der Waals surface area contributed by atoms with Crippen molar-refractivity contribution in [3.8, 4) is 0 Å². The molecule has 0 aliphatic carbocycles. The maximum atomic E-state index is 11.8. The van der Waals surface area contributed by atoms with Crippen LogP contribution in [0.2, 0.25) is 0 Å². The van der Waals surface area contributed by atoms with Gasteiger partial charge in [-0.25, -0.2) is 0 Å². The van der Waals surface area contributed by atoms with Crippen molar-refractivity contribution in [1.82, 2.24) is 5.32 Å². The molecule has 3 N–H and O–H groups in total. The molecular formula is C15H23ClN2O3. The van der Waals surface area contributed by atoms with Gasteiger partial charge < -0.3 is 15.8 Å². The second-order valence-corrected chi connectivity index (χ2v) is 5.60. The number of esters is 1. The number of nitrogens with one attached hydrogen (secondary N) is 1. The van der Waals surface area contributed by atoms with E-state index in [9.17, 15) is 9.59 Å². The standard InChI is InChI=1S/C15H22N2O3.ClH/c1-15(2,3)20-13(18)10-17-14(19)12(16)9-11-7-5-4-6-8-11;/h4-8,12H,9-10,16H2,1-3H3,(H,17,19);1H/t12-;/m0./s1. The molecule has 0 unspecified atom stereocenters. The molecule has 5 nitrogen and oxygen atoms in total. The molecule has 0 aromatic heterocycles. The Balaban J connectivity index is 0.00000400. The van der Waals surface area contributed by atoms with Crippen molar-refractivity contribution in [3.05, 3.63) is 35.9 Å². The first-order chi connectivity index (χ1) is 9.28. The van der Waals surface area contributed by atoms with Gasteiger partial charge in [0.25, 0.3) is 0 Å². The molecule has 1 aromatic carbocycles. The van der Waals surface area contributed by atoms with Gasteiger partial charge in [-0.05, 0) is 32.8 Å². The van der Waals surface area contributed by atoms with Gasteiger partial charge in [-0.15, -0.1) is 12.4 Å². The molecule has 0 spiro atoms. The fourth-order valence-corrected chi connectivity index (χ4v) is 1.63. The number of hydrogen-bond donors (Lipinski definition) is 2. The fourth-order valence-electron chi connectivity index (χ4n) is 1.63. The minimum atomic E-state index is -0.681. The molecule has 1 atom stereocenters. The van der Waals surface area contributed by atoms with E-state index in [1.165, 1.54) is 0 Å². The zero-order chi connectivity index (χ0) is 15.2. The molecule has 0 aliphatic heterocycles. The summed E-state index contributed by atoms with van der Waals surface area (Å²) >= 11 is 0. The van der Waals surface area contributed by atoms with Crippen LogP contribution in [-0.4, -0.2) is 30.1 Å². The normalized spacial score (nSPS) is 12.0. The Hall–Kier alpha value is -1.59. The summed E-state index contributed by atoms with van der Waals surface area (Å²) in [6.07, 6.45) is 0.432. The molecule has 1 rings (SSSR count). The molecule has 0 saturated carbocycles. The molecule has 6 heteroatoms. The minimum Gasteiger partial charge on any atom is -0.459 e. The largest absolute Gasteiger partial charge is 0.459 e. The summed E-state index contributed by atoms with van der Waals surface area (Å²) in [5.41, 5.74) is 6.22. The first-order valence-corrected chi connectivity index (χ1v) is 6.57. The Morgan fingerprint density at radius 2 is 1.81 bits per heavy atom. The Bertz CT molecular complexity index is 458. The highest BCUT2D eigenvalue weighted by Crippen LogP contribution is 2.06. The molecule has 0 radical (unpaired) electrons. The number of ether oxygens (including phenoxy) is 1. The van der Waals surface area contributed by atoms with E-state index < -0.39 is 17.6 Å². The van der Waals surface area contributed by atoms with Crippen LogP contribution < -0.4 is 11.1 Å². The van der Waals surface area contributed by atoms with Crippen LogP contribution in [0.5, 0.6) is 0 Å². The van der Waals surface area contributed by atoms with E-state index in [-0.39, 0.29) is 24.9 Å². The maximum absolute atomic E-state index is 11.8. The van der Waals surface area contributed by atoms with E-state index >= 15 is 0 Å². The second-order valence-electron chi connectivity index (χ2n) is 5.60. The van der Waals surface area contributed by atoms with Crippen molar-refractivity contribution in [2.24, 2.45) is 5.73 Å². The van der Waals surface area contributed by atoms with Crippen LogP contribution in [0.3, 0.4) is 0 Å². The maximum Gasteiger partial charge on any atom is 0.325 e. The number of rotatable bonds is 5. The summed E-state index contributed by atoms with van der Waals surface area (Å²) in [6, 6.07) is 8.81. The average molecular weight is 315 g/mol. The lowest BCUT2D eigenvalue weighted by Gasteiger charge is -2.20. The summed E-state index contributed by atoms with van der Waals surface area (Å²) in [5.74, 6) is -0.836. The molecule has 118 valence electrons. The SMILES string of the molecule is CC(C)(C)OC(=O)CNC(=O)[C@@H](N)Cc1ccccc1.Cl. The Kier molecular flexibility index (Phi) is 7.99. The number of benzene rings is 1.